The lowest BCUT2D eigenvalue weighted by Crippen LogP contribution is -2.13. The van der Waals surface area contributed by atoms with E-state index in [1.807, 2.05) is 31.2 Å². The van der Waals surface area contributed by atoms with Crippen molar-refractivity contribution >= 4 is 17.5 Å². The smallest absolute Gasteiger partial charge is 0.258 e. The van der Waals surface area contributed by atoms with Crippen LogP contribution in [0.4, 0.5) is 16.0 Å². The average Bonchev–Trinajstić information content (AvgIpc) is 2.63. The molecule has 6 heteroatoms. The SMILES string of the molecule is Cc1ccc(NC(=O)c2cnc(NCc3ccccc3F)nc2)cc1. The van der Waals surface area contributed by atoms with Gasteiger partial charge in [0.2, 0.25) is 5.95 Å². The third-order valence-electron chi connectivity index (χ3n) is 3.62. The van der Waals surface area contributed by atoms with Crippen LogP contribution in [0.1, 0.15) is 21.5 Å². The number of carbonyl (C=O) groups is 1. The van der Waals surface area contributed by atoms with Gasteiger partial charge >= 0.3 is 0 Å². The number of carbonyl (C=O) groups excluding carboxylic acids is 1. The molecule has 0 saturated heterocycles. The third kappa shape index (κ3) is 4.38. The van der Waals surface area contributed by atoms with Crippen LogP contribution in [0.3, 0.4) is 0 Å². The van der Waals surface area contributed by atoms with Gasteiger partial charge in [0.25, 0.3) is 5.91 Å². The summed E-state index contributed by atoms with van der Waals surface area (Å²) in [5.74, 6) is -0.247. The first-order chi connectivity index (χ1) is 12.1. The molecule has 126 valence electrons. The van der Waals surface area contributed by atoms with Crippen LogP contribution < -0.4 is 10.6 Å². The van der Waals surface area contributed by atoms with Crippen LogP contribution in [0, 0.1) is 12.7 Å². The highest BCUT2D eigenvalue weighted by molar-refractivity contribution is 6.03. The van der Waals surface area contributed by atoms with Crippen molar-refractivity contribution in [3.8, 4) is 0 Å². The number of rotatable bonds is 5. The highest BCUT2D eigenvalue weighted by Crippen LogP contribution is 2.11. The van der Waals surface area contributed by atoms with Crippen molar-refractivity contribution in [2.24, 2.45) is 0 Å². The Balaban J connectivity index is 1.60. The van der Waals surface area contributed by atoms with Gasteiger partial charge in [0.15, 0.2) is 0 Å². The van der Waals surface area contributed by atoms with Gasteiger partial charge in [-0.3, -0.25) is 4.79 Å². The predicted octanol–water partition coefficient (Wildman–Crippen LogP) is 3.79. The third-order valence-corrected chi connectivity index (χ3v) is 3.62. The summed E-state index contributed by atoms with van der Waals surface area (Å²) in [7, 11) is 0. The molecule has 0 aliphatic heterocycles. The second-order valence-electron chi connectivity index (χ2n) is 5.56. The molecule has 0 fully saturated rings. The van der Waals surface area contributed by atoms with Crippen LogP contribution in [0.5, 0.6) is 0 Å². The Morgan fingerprint density at radius 3 is 2.40 bits per heavy atom. The molecule has 1 heterocycles. The van der Waals surface area contributed by atoms with Gasteiger partial charge in [-0.2, -0.15) is 0 Å². The molecule has 3 rings (SSSR count). The molecule has 2 N–H and O–H groups in total. The number of aryl methyl sites for hydroxylation is 1. The lowest BCUT2D eigenvalue weighted by atomic mass is 10.2. The fraction of sp³-hybridized carbons (Fsp3) is 0.105. The minimum absolute atomic E-state index is 0.265. The molecule has 2 aromatic carbocycles. The Hall–Kier alpha value is -3.28. The summed E-state index contributed by atoms with van der Waals surface area (Å²) in [6.45, 7) is 2.24. The molecule has 0 atom stereocenters. The minimum atomic E-state index is -0.288. The molecule has 0 spiro atoms. The van der Waals surface area contributed by atoms with E-state index in [1.54, 1.807) is 18.2 Å². The Labute approximate surface area is 145 Å². The Kier molecular flexibility index (Phi) is 4.99. The summed E-state index contributed by atoms with van der Waals surface area (Å²) in [4.78, 5) is 20.4. The van der Waals surface area contributed by atoms with Crippen molar-refractivity contribution < 1.29 is 9.18 Å². The van der Waals surface area contributed by atoms with E-state index in [0.29, 0.717) is 22.8 Å². The number of aromatic nitrogens is 2. The van der Waals surface area contributed by atoms with E-state index in [9.17, 15) is 9.18 Å². The lowest BCUT2D eigenvalue weighted by molar-refractivity contribution is 0.102. The van der Waals surface area contributed by atoms with Crippen molar-refractivity contribution in [3.05, 3.63) is 83.4 Å². The predicted molar refractivity (Wildman–Crippen MR) is 94.9 cm³/mol. The monoisotopic (exact) mass is 336 g/mol. The molecule has 1 amide bonds. The maximum atomic E-state index is 13.6. The van der Waals surface area contributed by atoms with E-state index >= 15 is 0 Å². The molecule has 0 unspecified atom stereocenters. The highest BCUT2D eigenvalue weighted by Gasteiger charge is 2.08. The van der Waals surface area contributed by atoms with Gasteiger partial charge in [0, 0.05) is 30.2 Å². The normalized spacial score (nSPS) is 10.3. The first-order valence-corrected chi connectivity index (χ1v) is 7.79. The summed E-state index contributed by atoms with van der Waals surface area (Å²) in [6.07, 6.45) is 2.86. The lowest BCUT2D eigenvalue weighted by Gasteiger charge is -2.07. The van der Waals surface area contributed by atoms with Crippen LogP contribution in [0.2, 0.25) is 0 Å². The van der Waals surface area contributed by atoms with Crippen molar-refractivity contribution in [3.63, 3.8) is 0 Å². The second kappa shape index (κ2) is 7.53. The minimum Gasteiger partial charge on any atom is -0.350 e. The zero-order valence-corrected chi connectivity index (χ0v) is 13.7. The zero-order chi connectivity index (χ0) is 17.6. The van der Waals surface area contributed by atoms with Crippen LogP contribution in [0.25, 0.3) is 0 Å². The van der Waals surface area contributed by atoms with Crippen LogP contribution in [-0.4, -0.2) is 15.9 Å². The largest absolute Gasteiger partial charge is 0.350 e. The maximum absolute atomic E-state index is 13.6. The van der Waals surface area contributed by atoms with E-state index < -0.39 is 0 Å². The number of halogens is 1. The number of nitrogens with zero attached hydrogens (tertiary/aromatic N) is 2. The number of hydrogen-bond acceptors (Lipinski definition) is 4. The first-order valence-electron chi connectivity index (χ1n) is 7.79. The van der Waals surface area contributed by atoms with Gasteiger partial charge in [-0.15, -0.1) is 0 Å². The molecule has 25 heavy (non-hydrogen) atoms. The van der Waals surface area contributed by atoms with E-state index in [1.165, 1.54) is 18.5 Å². The number of benzene rings is 2. The van der Waals surface area contributed by atoms with Crippen LogP contribution in [0.15, 0.2) is 60.9 Å². The molecule has 3 aromatic rings. The van der Waals surface area contributed by atoms with E-state index in [2.05, 4.69) is 20.6 Å². The number of amides is 1. The molecule has 0 saturated carbocycles. The van der Waals surface area contributed by atoms with Crippen LogP contribution >= 0.6 is 0 Å². The van der Waals surface area contributed by atoms with Gasteiger partial charge in [-0.25, -0.2) is 14.4 Å². The Morgan fingerprint density at radius 2 is 1.72 bits per heavy atom. The quantitative estimate of drug-likeness (QED) is 0.744. The van der Waals surface area contributed by atoms with Gasteiger partial charge in [-0.1, -0.05) is 35.9 Å². The van der Waals surface area contributed by atoms with Crippen molar-refractivity contribution in [2.75, 3.05) is 10.6 Å². The molecule has 0 aliphatic carbocycles. The fourth-order valence-electron chi connectivity index (χ4n) is 2.19. The summed E-state index contributed by atoms with van der Waals surface area (Å²) >= 11 is 0. The van der Waals surface area contributed by atoms with Gasteiger partial charge in [0.05, 0.1) is 5.56 Å². The summed E-state index contributed by atoms with van der Waals surface area (Å²) in [6, 6.07) is 14.0. The molecular weight excluding hydrogens is 319 g/mol. The molecular formula is C19H17FN4O. The summed E-state index contributed by atoms with van der Waals surface area (Å²) < 4.78 is 13.6. The number of hydrogen-bond donors (Lipinski definition) is 2. The van der Waals surface area contributed by atoms with E-state index in [0.717, 1.165) is 5.56 Å². The van der Waals surface area contributed by atoms with E-state index in [4.69, 9.17) is 0 Å². The van der Waals surface area contributed by atoms with Crippen molar-refractivity contribution in [1.29, 1.82) is 0 Å². The topological polar surface area (TPSA) is 66.9 Å². The Bertz CT molecular complexity index is 863. The highest BCUT2D eigenvalue weighted by atomic mass is 19.1. The number of nitrogens with one attached hydrogen (secondary N) is 2. The van der Waals surface area contributed by atoms with Gasteiger partial charge < -0.3 is 10.6 Å². The molecule has 0 bridgehead atoms. The van der Waals surface area contributed by atoms with Crippen molar-refractivity contribution in [1.82, 2.24) is 9.97 Å². The molecule has 0 radical (unpaired) electrons. The standard InChI is InChI=1S/C19H17FN4O/c1-13-6-8-16(9-7-13)24-18(25)15-11-22-19(23-12-15)21-10-14-4-2-3-5-17(14)20/h2-9,11-12H,10H2,1H3,(H,24,25)(H,21,22,23). The maximum Gasteiger partial charge on any atom is 0.258 e. The molecule has 0 aliphatic rings. The van der Waals surface area contributed by atoms with Crippen LogP contribution in [-0.2, 0) is 6.54 Å². The van der Waals surface area contributed by atoms with Gasteiger partial charge in [-0.05, 0) is 25.1 Å². The summed E-state index contributed by atoms with van der Waals surface area (Å²) in [5.41, 5.74) is 2.69. The van der Waals surface area contributed by atoms with Crippen molar-refractivity contribution in [2.45, 2.75) is 13.5 Å². The Morgan fingerprint density at radius 1 is 1.04 bits per heavy atom. The van der Waals surface area contributed by atoms with E-state index in [-0.39, 0.29) is 18.3 Å². The molecule has 1 aromatic heterocycles. The average molecular weight is 336 g/mol. The summed E-state index contributed by atoms with van der Waals surface area (Å²) in [5, 5.41) is 5.71. The molecule has 5 nitrogen and oxygen atoms in total. The number of anilines is 2. The second-order valence-corrected chi connectivity index (χ2v) is 5.56. The van der Waals surface area contributed by atoms with Gasteiger partial charge in [0.1, 0.15) is 5.82 Å². The zero-order valence-electron chi connectivity index (χ0n) is 13.7. The first kappa shape index (κ1) is 16.6. The fourth-order valence-corrected chi connectivity index (χ4v) is 2.19.